The number of rotatable bonds is 3. The Labute approximate surface area is 104 Å². The number of aliphatic hydroxyl groups excluding tert-OH is 1. The molecule has 2 aliphatic carbocycles. The summed E-state index contributed by atoms with van der Waals surface area (Å²) >= 11 is 0. The summed E-state index contributed by atoms with van der Waals surface area (Å²) in [4.78, 5) is 0. The summed E-state index contributed by atoms with van der Waals surface area (Å²) in [5, 5.41) is 20.6. The third-order valence-electron chi connectivity index (χ3n) is 5.29. The van der Waals surface area contributed by atoms with E-state index < -0.39 is 5.60 Å². The lowest BCUT2D eigenvalue weighted by atomic mass is 9.52. The molecule has 0 aromatic rings. The van der Waals surface area contributed by atoms with Gasteiger partial charge in [-0.05, 0) is 43.9 Å². The minimum Gasteiger partial charge on any atom is -0.396 e. The van der Waals surface area contributed by atoms with E-state index in [-0.39, 0.29) is 18.1 Å². The van der Waals surface area contributed by atoms with Crippen molar-refractivity contribution in [1.29, 1.82) is 0 Å². The molecule has 2 fully saturated rings. The normalized spacial score (nSPS) is 39.7. The van der Waals surface area contributed by atoms with Gasteiger partial charge in [0.15, 0.2) is 0 Å². The Hall–Kier alpha value is -0.120. The van der Waals surface area contributed by atoms with E-state index in [0.717, 1.165) is 38.5 Å². The van der Waals surface area contributed by atoms with E-state index in [0.29, 0.717) is 5.41 Å². The van der Waals surface area contributed by atoms with Crippen LogP contribution in [0.5, 0.6) is 0 Å². The highest BCUT2D eigenvalue weighted by atomic mass is 16.5. The van der Waals surface area contributed by atoms with Gasteiger partial charge in [0.1, 0.15) is 0 Å². The van der Waals surface area contributed by atoms with Crippen LogP contribution in [0, 0.1) is 10.8 Å². The van der Waals surface area contributed by atoms with Crippen LogP contribution in [0.15, 0.2) is 0 Å². The van der Waals surface area contributed by atoms with Crippen molar-refractivity contribution < 1.29 is 14.9 Å². The highest BCUT2D eigenvalue weighted by Gasteiger charge is 2.58. The van der Waals surface area contributed by atoms with Crippen molar-refractivity contribution in [1.82, 2.24) is 0 Å². The molecule has 0 radical (unpaired) electrons. The lowest BCUT2D eigenvalue weighted by Crippen LogP contribution is -2.61. The summed E-state index contributed by atoms with van der Waals surface area (Å²) in [5.41, 5.74) is -0.635. The van der Waals surface area contributed by atoms with Gasteiger partial charge in [0.2, 0.25) is 0 Å². The molecule has 100 valence electrons. The first-order valence-electron chi connectivity index (χ1n) is 6.73. The predicted octanol–water partition coefficient (Wildman–Crippen LogP) is 2.11. The molecule has 2 N–H and O–H groups in total. The van der Waals surface area contributed by atoms with Gasteiger partial charge >= 0.3 is 0 Å². The van der Waals surface area contributed by atoms with Gasteiger partial charge in [-0.1, -0.05) is 13.8 Å². The second-order valence-electron chi connectivity index (χ2n) is 6.90. The average Bonchev–Trinajstić information content (AvgIpc) is 2.23. The quantitative estimate of drug-likeness (QED) is 0.797. The zero-order valence-electron chi connectivity index (χ0n) is 11.3. The minimum atomic E-state index is -0.674. The summed E-state index contributed by atoms with van der Waals surface area (Å²) in [6.45, 7) is 4.61. The monoisotopic (exact) mass is 242 g/mol. The molecule has 3 nitrogen and oxygen atoms in total. The Morgan fingerprint density at radius 1 is 1.12 bits per heavy atom. The molecular weight excluding hydrogens is 216 g/mol. The maximum atomic E-state index is 10.9. The minimum absolute atomic E-state index is 0.0871. The Kier molecular flexibility index (Phi) is 3.30. The second-order valence-corrected chi connectivity index (χ2v) is 6.90. The van der Waals surface area contributed by atoms with E-state index in [4.69, 9.17) is 4.74 Å². The molecule has 2 aliphatic rings. The van der Waals surface area contributed by atoms with Crippen LogP contribution in [-0.2, 0) is 4.74 Å². The number of methoxy groups -OCH3 is 1. The summed E-state index contributed by atoms with van der Waals surface area (Å²) < 4.78 is 5.30. The molecule has 17 heavy (non-hydrogen) atoms. The van der Waals surface area contributed by atoms with Gasteiger partial charge < -0.3 is 14.9 Å². The van der Waals surface area contributed by atoms with Crippen LogP contribution in [0.2, 0.25) is 0 Å². The average molecular weight is 242 g/mol. The lowest BCUT2D eigenvalue weighted by Gasteiger charge is -2.58. The molecular formula is C14H26O3. The smallest absolute Gasteiger partial charge is 0.0728 e. The number of hydrogen-bond donors (Lipinski definition) is 2. The molecule has 0 amide bonds. The lowest BCUT2D eigenvalue weighted by molar-refractivity contribution is -0.215. The standard InChI is InChI=1S/C14H26O3/c1-12(2)4-6-14(16,7-5-12)13(10-15)8-11(9-13)17-3/h11,15-16H,4-10H2,1-3H3. The first-order chi connectivity index (χ1) is 7.86. The summed E-state index contributed by atoms with van der Waals surface area (Å²) in [6, 6.07) is 0. The highest BCUT2D eigenvalue weighted by molar-refractivity contribution is 5.09. The fraction of sp³-hybridized carbons (Fsp3) is 1.00. The molecule has 0 aromatic heterocycles. The van der Waals surface area contributed by atoms with E-state index in [2.05, 4.69) is 13.8 Å². The molecule has 0 unspecified atom stereocenters. The van der Waals surface area contributed by atoms with Crippen LogP contribution in [0.4, 0.5) is 0 Å². The van der Waals surface area contributed by atoms with Crippen LogP contribution in [0.1, 0.15) is 52.4 Å². The SMILES string of the molecule is COC1CC(CO)(C2(O)CCC(C)(C)CC2)C1. The van der Waals surface area contributed by atoms with E-state index in [9.17, 15) is 10.2 Å². The van der Waals surface area contributed by atoms with Crippen molar-refractivity contribution >= 4 is 0 Å². The zero-order chi connectivity index (χ0) is 12.7. The largest absolute Gasteiger partial charge is 0.396 e. The molecule has 0 spiro atoms. The summed E-state index contributed by atoms with van der Waals surface area (Å²) in [5.74, 6) is 0. The van der Waals surface area contributed by atoms with Gasteiger partial charge in [-0.15, -0.1) is 0 Å². The topological polar surface area (TPSA) is 49.7 Å². The Morgan fingerprint density at radius 2 is 1.65 bits per heavy atom. The fourth-order valence-electron chi connectivity index (χ4n) is 3.51. The first-order valence-corrected chi connectivity index (χ1v) is 6.73. The molecule has 0 saturated heterocycles. The predicted molar refractivity (Wildman–Crippen MR) is 66.7 cm³/mol. The number of hydrogen-bond acceptors (Lipinski definition) is 3. The van der Waals surface area contributed by atoms with E-state index in [1.54, 1.807) is 7.11 Å². The third-order valence-corrected chi connectivity index (χ3v) is 5.29. The maximum absolute atomic E-state index is 10.9. The van der Waals surface area contributed by atoms with Gasteiger partial charge in [-0.2, -0.15) is 0 Å². The molecule has 0 aromatic carbocycles. The van der Waals surface area contributed by atoms with Crippen molar-refractivity contribution in [2.75, 3.05) is 13.7 Å². The van der Waals surface area contributed by atoms with Crippen molar-refractivity contribution in [2.24, 2.45) is 10.8 Å². The van der Waals surface area contributed by atoms with Crippen LogP contribution in [0.25, 0.3) is 0 Å². The van der Waals surface area contributed by atoms with Gasteiger partial charge in [0.05, 0.1) is 18.3 Å². The zero-order valence-corrected chi connectivity index (χ0v) is 11.3. The highest BCUT2D eigenvalue weighted by Crippen LogP contribution is 2.57. The van der Waals surface area contributed by atoms with Crippen LogP contribution < -0.4 is 0 Å². The molecule has 0 atom stereocenters. The van der Waals surface area contributed by atoms with E-state index in [1.165, 1.54) is 0 Å². The van der Waals surface area contributed by atoms with Crippen LogP contribution >= 0.6 is 0 Å². The Bertz CT molecular complexity index is 269. The van der Waals surface area contributed by atoms with E-state index in [1.807, 2.05) is 0 Å². The second kappa shape index (κ2) is 4.22. The molecule has 3 heteroatoms. The number of ether oxygens (including phenoxy) is 1. The Balaban J connectivity index is 2.06. The van der Waals surface area contributed by atoms with Crippen molar-refractivity contribution in [3.05, 3.63) is 0 Å². The summed E-state index contributed by atoms with van der Waals surface area (Å²) in [6.07, 6.45) is 5.55. The van der Waals surface area contributed by atoms with Gasteiger partial charge in [0, 0.05) is 12.5 Å². The third kappa shape index (κ3) is 2.13. The molecule has 2 rings (SSSR count). The first kappa shape index (κ1) is 13.3. The van der Waals surface area contributed by atoms with Gasteiger partial charge in [0.25, 0.3) is 0 Å². The molecule has 0 bridgehead atoms. The fourth-order valence-corrected chi connectivity index (χ4v) is 3.51. The van der Waals surface area contributed by atoms with Crippen molar-refractivity contribution in [3.8, 4) is 0 Å². The van der Waals surface area contributed by atoms with Crippen molar-refractivity contribution in [3.63, 3.8) is 0 Å². The van der Waals surface area contributed by atoms with E-state index >= 15 is 0 Å². The molecule has 0 heterocycles. The van der Waals surface area contributed by atoms with Gasteiger partial charge in [-0.3, -0.25) is 0 Å². The van der Waals surface area contributed by atoms with Crippen molar-refractivity contribution in [2.45, 2.75) is 64.1 Å². The maximum Gasteiger partial charge on any atom is 0.0728 e. The Morgan fingerprint density at radius 3 is 2.06 bits per heavy atom. The van der Waals surface area contributed by atoms with Crippen LogP contribution in [-0.4, -0.2) is 35.6 Å². The van der Waals surface area contributed by atoms with Crippen LogP contribution in [0.3, 0.4) is 0 Å². The summed E-state index contributed by atoms with van der Waals surface area (Å²) in [7, 11) is 1.71. The number of aliphatic hydroxyl groups is 2. The molecule has 2 saturated carbocycles. The molecule has 0 aliphatic heterocycles. The van der Waals surface area contributed by atoms with Gasteiger partial charge in [-0.25, -0.2) is 0 Å².